The summed E-state index contributed by atoms with van der Waals surface area (Å²) in [5, 5.41) is 12.8. The lowest BCUT2D eigenvalue weighted by atomic mass is 9.81. The van der Waals surface area contributed by atoms with E-state index in [1.54, 1.807) is 0 Å². The van der Waals surface area contributed by atoms with Crippen molar-refractivity contribution < 1.29 is 14.4 Å². The van der Waals surface area contributed by atoms with Crippen molar-refractivity contribution in [2.75, 3.05) is 11.9 Å². The molecule has 1 aromatic rings. The predicted molar refractivity (Wildman–Crippen MR) is 96.5 cm³/mol. The summed E-state index contributed by atoms with van der Waals surface area (Å²) < 4.78 is 0. The van der Waals surface area contributed by atoms with E-state index in [4.69, 9.17) is 0 Å². The molecule has 1 saturated heterocycles. The first-order valence-corrected chi connectivity index (χ1v) is 10.1. The van der Waals surface area contributed by atoms with Crippen LogP contribution >= 0.6 is 11.3 Å². The van der Waals surface area contributed by atoms with Crippen molar-refractivity contribution >= 4 is 34.1 Å². The van der Waals surface area contributed by atoms with E-state index in [-0.39, 0.29) is 42.5 Å². The fourth-order valence-corrected chi connectivity index (χ4v) is 5.72. The zero-order chi connectivity index (χ0) is 18.3. The normalized spacial score (nSPS) is 24.3. The van der Waals surface area contributed by atoms with E-state index in [1.807, 2.05) is 0 Å². The number of nitrogens with zero attached hydrogens (tertiary/aromatic N) is 2. The largest absolute Gasteiger partial charge is 0.317 e. The monoisotopic (exact) mass is 371 g/mol. The van der Waals surface area contributed by atoms with Crippen molar-refractivity contribution in [3.8, 4) is 6.07 Å². The van der Waals surface area contributed by atoms with Crippen LogP contribution in [0.4, 0.5) is 5.00 Å². The highest BCUT2D eigenvalue weighted by molar-refractivity contribution is 7.16. The molecule has 136 valence electrons. The minimum Gasteiger partial charge on any atom is -0.317 e. The van der Waals surface area contributed by atoms with Crippen molar-refractivity contribution in [3.63, 3.8) is 0 Å². The van der Waals surface area contributed by atoms with Crippen LogP contribution in [0.2, 0.25) is 0 Å². The van der Waals surface area contributed by atoms with Gasteiger partial charge in [0.1, 0.15) is 11.1 Å². The van der Waals surface area contributed by atoms with Crippen LogP contribution in [0.3, 0.4) is 0 Å². The number of carbonyl (C=O) groups excluding carboxylic acids is 3. The average molecular weight is 371 g/mol. The Balaban J connectivity index is 1.38. The Bertz CT molecular complexity index is 799. The quantitative estimate of drug-likeness (QED) is 0.824. The lowest BCUT2D eigenvalue weighted by Crippen LogP contribution is -2.34. The SMILES string of the molecule is N#Cc1c(NC(=O)CCN2C(=O)[C@@H]3CCCC[C@H]3C2=O)sc2c1CCC2. The Morgan fingerprint density at radius 1 is 1.15 bits per heavy atom. The number of hydrogen-bond donors (Lipinski definition) is 1. The van der Waals surface area contributed by atoms with Gasteiger partial charge in [0.2, 0.25) is 17.7 Å². The Labute approximate surface area is 156 Å². The molecular weight excluding hydrogens is 350 g/mol. The summed E-state index contributed by atoms with van der Waals surface area (Å²) in [5.74, 6) is -0.827. The molecule has 2 atom stereocenters. The molecule has 6 nitrogen and oxygen atoms in total. The number of carbonyl (C=O) groups is 3. The van der Waals surface area contributed by atoms with Gasteiger partial charge in [0, 0.05) is 17.8 Å². The van der Waals surface area contributed by atoms with Crippen molar-refractivity contribution in [2.45, 2.75) is 51.4 Å². The number of fused-ring (bicyclic) bond motifs is 2. The maximum Gasteiger partial charge on any atom is 0.233 e. The van der Waals surface area contributed by atoms with E-state index < -0.39 is 0 Å². The molecular formula is C19H21N3O3S. The fraction of sp³-hybridized carbons (Fsp3) is 0.579. The smallest absolute Gasteiger partial charge is 0.233 e. The second-order valence-corrected chi connectivity index (χ2v) is 8.40. The first-order valence-electron chi connectivity index (χ1n) is 9.30. The second-order valence-electron chi connectivity index (χ2n) is 7.30. The third kappa shape index (κ3) is 2.82. The maximum atomic E-state index is 12.4. The molecule has 2 fully saturated rings. The first-order chi connectivity index (χ1) is 12.6. The average Bonchev–Trinajstić information content (AvgIpc) is 3.27. The van der Waals surface area contributed by atoms with Gasteiger partial charge in [-0.15, -0.1) is 11.3 Å². The van der Waals surface area contributed by atoms with Gasteiger partial charge in [-0.3, -0.25) is 19.3 Å². The topological polar surface area (TPSA) is 90.3 Å². The second kappa shape index (κ2) is 6.84. The molecule has 0 spiro atoms. The Kier molecular flexibility index (Phi) is 4.53. The molecule has 3 aliphatic rings. The third-order valence-corrected chi connectivity index (χ3v) is 6.99. The van der Waals surface area contributed by atoms with E-state index in [9.17, 15) is 19.6 Å². The molecule has 7 heteroatoms. The summed E-state index contributed by atoms with van der Waals surface area (Å²) in [6.07, 6.45) is 6.54. The number of nitriles is 1. The van der Waals surface area contributed by atoms with Crippen LogP contribution in [0.5, 0.6) is 0 Å². The summed E-state index contributed by atoms with van der Waals surface area (Å²) in [7, 11) is 0. The van der Waals surface area contributed by atoms with Crippen LogP contribution < -0.4 is 5.32 Å². The molecule has 3 amide bonds. The fourth-order valence-electron chi connectivity index (χ4n) is 4.46. The van der Waals surface area contributed by atoms with Gasteiger partial charge in [-0.05, 0) is 37.7 Å². The molecule has 1 aliphatic heterocycles. The molecule has 1 aromatic heterocycles. The van der Waals surface area contributed by atoms with E-state index in [1.165, 1.54) is 21.1 Å². The van der Waals surface area contributed by atoms with Gasteiger partial charge in [-0.1, -0.05) is 12.8 Å². The number of thiophene rings is 1. The van der Waals surface area contributed by atoms with Crippen LogP contribution in [0.15, 0.2) is 0 Å². The molecule has 0 bridgehead atoms. The molecule has 2 aliphatic carbocycles. The molecule has 0 aromatic carbocycles. The van der Waals surface area contributed by atoms with Gasteiger partial charge >= 0.3 is 0 Å². The summed E-state index contributed by atoms with van der Waals surface area (Å²) in [6, 6.07) is 2.20. The van der Waals surface area contributed by atoms with Gasteiger partial charge in [-0.2, -0.15) is 5.26 Å². The zero-order valence-electron chi connectivity index (χ0n) is 14.5. The summed E-state index contributed by atoms with van der Waals surface area (Å²) >= 11 is 1.48. The van der Waals surface area contributed by atoms with Crippen molar-refractivity contribution in [1.82, 2.24) is 4.90 Å². The summed E-state index contributed by atoms with van der Waals surface area (Å²) in [6.45, 7) is 0.128. The molecule has 2 heterocycles. The highest BCUT2D eigenvalue weighted by Gasteiger charge is 2.47. The number of likely N-dealkylation sites (tertiary alicyclic amines) is 1. The van der Waals surface area contributed by atoms with Gasteiger partial charge in [0.05, 0.1) is 17.4 Å². The highest BCUT2D eigenvalue weighted by atomic mass is 32.1. The van der Waals surface area contributed by atoms with Crippen molar-refractivity contribution in [2.24, 2.45) is 11.8 Å². The van der Waals surface area contributed by atoms with Crippen molar-refractivity contribution in [3.05, 3.63) is 16.0 Å². The van der Waals surface area contributed by atoms with Crippen LogP contribution in [0, 0.1) is 23.2 Å². The van der Waals surface area contributed by atoms with E-state index >= 15 is 0 Å². The van der Waals surface area contributed by atoms with E-state index in [0.29, 0.717) is 10.6 Å². The first kappa shape index (κ1) is 17.2. The molecule has 26 heavy (non-hydrogen) atoms. The number of hydrogen-bond acceptors (Lipinski definition) is 5. The minimum absolute atomic E-state index is 0.0738. The van der Waals surface area contributed by atoms with E-state index in [0.717, 1.165) is 50.5 Å². The predicted octanol–water partition coefficient (Wildman–Crippen LogP) is 2.61. The lowest BCUT2D eigenvalue weighted by molar-refractivity contribution is -0.140. The number of aryl methyl sites for hydroxylation is 1. The Morgan fingerprint density at radius 2 is 1.85 bits per heavy atom. The standard InChI is InChI=1S/C19H21N3O3S/c20-10-14-11-6-3-7-15(11)26-17(14)21-16(23)8-9-22-18(24)12-4-1-2-5-13(12)19(22)25/h12-13H,1-9H2,(H,21,23)/t12-,13-/m1/s1. The van der Waals surface area contributed by atoms with Crippen LogP contribution in [-0.2, 0) is 27.2 Å². The van der Waals surface area contributed by atoms with Gasteiger partial charge in [0.25, 0.3) is 0 Å². The summed E-state index contributed by atoms with van der Waals surface area (Å²) in [4.78, 5) is 39.7. The van der Waals surface area contributed by atoms with Crippen LogP contribution in [-0.4, -0.2) is 29.2 Å². The minimum atomic E-state index is -0.253. The van der Waals surface area contributed by atoms with E-state index in [2.05, 4.69) is 11.4 Å². The summed E-state index contributed by atoms with van der Waals surface area (Å²) in [5.41, 5.74) is 1.65. The Hall–Kier alpha value is -2.20. The zero-order valence-corrected chi connectivity index (χ0v) is 15.4. The highest BCUT2D eigenvalue weighted by Crippen LogP contribution is 2.39. The third-order valence-electron chi connectivity index (χ3n) is 5.78. The number of nitrogens with one attached hydrogen (secondary N) is 1. The van der Waals surface area contributed by atoms with Crippen molar-refractivity contribution in [1.29, 1.82) is 5.26 Å². The number of rotatable bonds is 4. The van der Waals surface area contributed by atoms with Gasteiger partial charge in [0.15, 0.2) is 0 Å². The van der Waals surface area contributed by atoms with Gasteiger partial charge < -0.3 is 5.32 Å². The lowest BCUT2D eigenvalue weighted by Gasteiger charge is -2.19. The Morgan fingerprint density at radius 3 is 2.50 bits per heavy atom. The van der Waals surface area contributed by atoms with Crippen LogP contribution in [0.1, 0.15) is 54.5 Å². The molecule has 0 radical (unpaired) electrons. The maximum absolute atomic E-state index is 12.4. The molecule has 1 N–H and O–H groups in total. The number of imide groups is 1. The number of anilines is 1. The number of amides is 3. The van der Waals surface area contributed by atoms with Gasteiger partial charge in [-0.25, -0.2) is 0 Å². The molecule has 1 saturated carbocycles. The molecule has 0 unspecified atom stereocenters. The van der Waals surface area contributed by atoms with Crippen LogP contribution in [0.25, 0.3) is 0 Å². The molecule has 4 rings (SSSR count).